The molecule has 0 bridgehead atoms. The number of aromatic nitrogens is 3. The van der Waals surface area contributed by atoms with Crippen LogP contribution < -0.4 is 10.6 Å². The van der Waals surface area contributed by atoms with Crippen LogP contribution in [0, 0.1) is 6.92 Å². The van der Waals surface area contributed by atoms with Crippen molar-refractivity contribution in [3.63, 3.8) is 0 Å². The van der Waals surface area contributed by atoms with Crippen molar-refractivity contribution in [2.45, 2.75) is 45.4 Å². The van der Waals surface area contributed by atoms with Crippen molar-refractivity contribution in [3.05, 3.63) is 11.6 Å². The van der Waals surface area contributed by atoms with Gasteiger partial charge in [0.1, 0.15) is 12.4 Å². The zero-order valence-electron chi connectivity index (χ0n) is 16.3. The summed E-state index contributed by atoms with van der Waals surface area (Å²) in [6.07, 6.45) is 2.08. The molecule has 1 aromatic rings. The van der Waals surface area contributed by atoms with Gasteiger partial charge in [0.25, 0.3) is 0 Å². The van der Waals surface area contributed by atoms with Gasteiger partial charge >= 0.3 is 0 Å². The van der Waals surface area contributed by atoms with Crippen molar-refractivity contribution >= 4 is 5.96 Å². The molecule has 0 aromatic carbocycles. The average Bonchev–Trinajstić information content (AvgIpc) is 3.26. The van der Waals surface area contributed by atoms with E-state index < -0.39 is 0 Å². The van der Waals surface area contributed by atoms with Crippen molar-refractivity contribution in [2.75, 3.05) is 40.1 Å². The Morgan fingerprint density at radius 1 is 1.46 bits per heavy atom. The van der Waals surface area contributed by atoms with E-state index in [2.05, 4.69) is 32.7 Å². The van der Waals surface area contributed by atoms with Crippen molar-refractivity contribution < 1.29 is 14.2 Å². The van der Waals surface area contributed by atoms with E-state index in [0.717, 1.165) is 43.6 Å². The molecule has 0 aliphatic carbocycles. The lowest BCUT2D eigenvalue weighted by Gasteiger charge is -2.20. The smallest absolute Gasteiger partial charge is 0.191 e. The zero-order valence-corrected chi connectivity index (χ0v) is 16.3. The van der Waals surface area contributed by atoms with Crippen LogP contribution in [0.4, 0.5) is 0 Å². The SMILES string of the molecule is COCCCNC(=NCc1nnc(C)n1C)NC(C)COC1CCOC1. The van der Waals surface area contributed by atoms with Crippen LogP contribution in [-0.2, 0) is 27.8 Å². The minimum absolute atomic E-state index is 0.130. The van der Waals surface area contributed by atoms with Gasteiger partial charge in [-0.05, 0) is 26.7 Å². The van der Waals surface area contributed by atoms with Crippen LogP contribution >= 0.6 is 0 Å². The van der Waals surface area contributed by atoms with Crippen molar-refractivity contribution in [1.82, 2.24) is 25.4 Å². The summed E-state index contributed by atoms with van der Waals surface area (Å²) in [5, 5.41) is 14.9. The second-order valence-electron chi connectivity index (χ2n) is 6.52. The van der Waals surface area contributed by atoms with Crippen LogP contribution in [-0.4, -0.2) is 73.0 Å². The average molecular weight is 368 g/mol. The number of nitrogens with one attached hydrogen (secondary N) is 2. The van der Waals surface area contributed by atoms with Crippen LogP contribution in [0.15, 0.2) is 4.99 Å². The van der Waals surface area contributed by atoms with Gasteiger partial charge in [-0.1, -0.05) is 0 Å². The Bertz CT molecular complexity index is 557. The lowest BCUT2D eigenvalue weighted by molar-refractivity contribution is 0.0347. The summed E-state index contributed by atoms with van der Waals surface area (Å²) in [6.45, 7) is 8.04. The Labute approximate surface area is 155 Å². The number of guanidine groups is 1. The van der Waals surface area contributed by atoms with E-state index in [1.54, 1.807) is 7.11 Å². The molecule has 26 heavy (non-hydrogen) atoms. The number of nitrogens with zero attached hydrogens (tertiary/aromatic N) is 4. The van der Waals surface area contributed by atoms with Gasteiger partial charge in [0.15, 0.2) is 11.8 Å². The molecule has 0 spiro atoms. The molecule has 0 radical (unpaired) electrons. The third kappa shape index (κ3) is 6.89. The molecule has 1 saturated heterocycles. The van der Waals surface area contributed by atoms with Gasteiger partial charge in [0, 0.05) is 40.0 Å². The Hall–Kier alpha value is -1.71. The van der Waals surface area contributed by atoms with E-state index in [0.29, 0.717) is 26.4 Å². The maximum absolute atomic E-state index is 5.88. The summed E-state index contributed by atoms with van der Waals surface area (Å²) < 4.78 is 18.3. The van der Waals surface area contributed by atoms with E-state index in [4.69, 9.17) is 14.2 Å². The molecule has 148 valence electrons. The second kappa shape index (κ2) is 11.1. The molecule has 0 amide bonds. The quantitative estimate of drug-likeness (QED) is 0.350. The normalized spacial score (nSPS) is 18.9. The first kappa shape index (κ1) is 20.6. The molecular formula is C17H32N6O3. The van der Waals surface area contributed by atoms with Crippen LogP contribution in [0.25, 0.3) is 0 Å². The van der Waals surface area contributed by atoms with Gasteiger partial charge in [-0.2, -0.15) is 0 Å². The Balaban J connectivity index is 1.86. The molecule has 2 N–H and O–H groups in total. The highest BCUT2D eigenvalue weighted by Crippen LogP contribution is 2.08. The first-order chi connectivity index (χ1) is 12.6. The molecule has 2 atom stereocenters. The topological polar surface area (TPSA) is 94.8 Å². The Morgan fingerprint density at radius 3 is 2.96 bits per heavy atom. The highest BCUT2D eigenvalue weighted by molar-refractivity contribution is 5.80. The van der Waals surface area contributed by atoms with Crippen molar-refractivity contribution in [3.8, 4) is 0 Å². The number of aliphatic imine (C=N–C) groups is 1. The van der Waals surface area contributed by atoms with Gasteiger partial charge in [-0.25, -0.2) is 4.99 Å². The number of methoxy groups -OCH3 is 1. The predicted octanol–water partition coefficient (Wildman–Crippen LogP) is 0.389. The summed E-state index contributed by atoms with van der Waals surface area (Å²) in [5.74, 6) is 2.44. The van der Waals surface area contributed by atoms with Crippen LogP contribution in [0.2, 0.25) is 0 Å². The number of hydrogen-bond acceptors (Lipinski definition) is 6. The van der Waals surface area contributed by atoms with E-state index >= 15 is 0 Å². The number of rotatable bonds is 10. The summed E-state index contributed by atoms with van der Waals surface area (Å²) in [7, 11) is 3.65. The van der Waals surface area contributed by atoms with E-state index in [1.165, 1.54) is 0 Å². The first-order valence-electron chi connectivity index (χ1n) is 9.18. The summed E-state index contributed by atoms with van der Waals surface area (Å²) in [5.41, 5.74) is 0. The lowest BCUT2D eigenvalue weighted by atomic mass is 10.3. The third-order valence-electron chi connectivity index (χ3n) is 4.23. The fourth-order valence-corrected chi connectivity index (χ4v) is 2.51. The lowest BCUT2D eigenvalue weighted by Crippen LogP contribution is -2.45. The largest absolute Gasteiger partial charge is 0.385 e. The maximum Gasteiger partial charge on any atom is 0.191 e. The number of hydrogen-bond donors (Lipinski definition) is 2. The van der Waals surface area contributed by atoms with Crippen LogP contribution in [0.1, 0.15) is 31.4 Å². The van der Waals surface area contributed by atoms with E-state index in [1.807, 2.05) is 18.5 Å². The fraction of sp³-hybridized carbons (Fsp3) is 0.824. The standard InChI is InChI=1S/C17H32N6O3/c1-13(11-26-15-6-9-25-12-15)20-17(18-7-5-8-24-4)19-10-16-22-21-14(2)23(16)3/h13,15H,5-12H2,1-4H3,(H2,18,19,20). The maximum atomic E-state index is 5.88. The molecule has 1 fully saturated rings. The summed E-state index contributed by atoms with van der Waals surface area (Å²) in [6, 6.07) is 0.130. The fourth-order valence-electron chi connectivity index (χ4n) is 2.51. The van der Waals surface area contributed by atoms with Gasteiger partial charge in [0.05, 0.1) is 19.3 Å². The number of ether oxygens (including phenoxy) is 3. The minimum Gasteiger partial charge on any atom is -0.385 e. The van der Waals surface area contributed by atoms with Gasteiger partial charge < -0.3 is 29.4 Å². The highest BCUT2D eigenvalue weighted by atomic mass is 16.5. The molecule has 2 heterocycles. The Morgan fingerprint density at radius 2 is 2.31 bits per heavy atom. The van der Waals surface area contributed by atoms with Gasteiger partial charge in [0.2, 0.25) is 0 Å². The van der Waals surface area contributed by atoms with Gasteiger partial charge in [-0.15, -0.1) is 10.2 Å². The molecule has 1 aliphatic heterocycles. The first-order valence-corrected chi connectivity index (χ1v) is 9.18. The summed E-state index contributed by atoms with van der Waals surface area (Å²) >= 11 is 0. The number of aryl methyl sites for hydroxylation is 1. The van der Waals surface area contributed by atoms with Crippen molar-refractivity contribution in [2.24, 2.45) is 12.0 Å². The van der Waals surface area contributed by atoms with Crippen molar-refractivity contribution in [1.29, 1.82) is 0 Å². The predicted molar refractivity (Wildman–Crippen MR) is 99.1 cm³/mol. The second-order valence-corrected chi connectivity index (χ2v) is 6.52. The van der Waals surface area contributed by atoms with E-state index in [9.17, 15) is 0 Å². The molecule has 9 heteroatoms. The van der Waals surface area contributed by atoms with E-state index in [-0.39, 0.29) is 12.1 Å². The summed E-state index contributed by atoms with van der Waals surface area (Å²) in [4.78, 5) is 4.64. The minimum atomic E-state index is 0.130. The molecule has 0 saturated carbocycles. The van der Waals surface area contributed by atoms with Crippen LogP contribution in [0.3, 0.4) is 0 Å². The molecule has 2 unspecified atom stereocenters. The highest BCUT2D eigenvalue weighted by Gasteiger charge is 2.17. The van der Waals surface area contributed by atoms with Gasteiger partial charge in [-0.3, -0.25) is 0 Å². The monoisotopic (exact) mass is 368 g/mol. The van der Waals surface area contributed by atoms with Crippen LogP contribution in [0.5, 0.6) is 0 Å². The zero-order chi connectivity index (χ0) is 18.8. The molecular weight excluding hydrogens is 336 g/mol. The molecule has 1 aromatic heterocycles. The third-order valence-corrected chi connectivity index (χ3v) is 4.23. The molecule has 1 aliphatic rings. The molecule has 9 nitrogen and oxygen atoms in total. The molecule has 2 rings (SSSR count). The Kier molecular flexibility index (Phi) is 8.79.